The molecule has 6 nitrogen and oxygen atoms in total. The highest BCUT2D eigenvalue weighted by Crippen LogP contribution is 2.36. The topological polar surface area (TPSA) is 69.8 Å². The van der Waals surface area contributed by atoms with Crippen LogP contribution in [-0.2, 0) is 0 Å². The van der Waals surface area contributed by atoms with Crippen LogP contribution in [0.15, 0.2) is 78.4 Å². The van der Waals surface area contributed by atoms with Crippen molar-refractivity contribution in [3.8, 4) is 38.7 Å². The second-order valence-electron chi connectivity index (χ2n) is 8.82. The van der Waals surface area contributed by atoms with Crippen LogP contribution >= 0.6 is 11.3 Å². The third-order valence-corrected chi connectivity index (χ3v) is 7.03. The molecule has 0 aliphatic rings. The third-order valence-electron chi connectivity index (χ3n) is 6.12. The monoisotopic (exact) mass is 479 g/mol. The minimum Gasteiger partial charge on any atom is -0.491 e. The molecule has 6 rings (SSSR count). The Bertz CT molecular complexity index is 1610. The summed E-state index contributed by atoms with van der Waals surface area (Å²) in [6.07, 6.45) is 3.63. The standard InChI is InChI=1S/C28H25N5OS/c1-33(2)10-11-34-20-13-19(16-29-17-20)18-8-9-25-23(14-18)28(32-31-25)26-15-22-21(27-7-4-12-35-27)5-3-6-24(22)30-26/h3-9,12-17,30H,10-11H2,1-2H3,(H,31,32). The van der Waals surface area contributed by atoms with Crippen molar-refractivity contribution in [3.05, 3.63) is 78.4 Å². The van der Waals surface area contributed by atoms with E-state index < -0.39 is 0 Å². The molecule has 0 atom stereocenters. The summed E-state index contributed by atoms with van der Waals surface area (Å²) in [7, 11) is 4.07. The van der Waals surface area contributed by atoms with Crippen LogP contribution in [-0.4, -0.2) is 52.3 Å². The van der Waals surface area contributed by atoms with E-state index in [2.05, 4.69) is 85.0 Å². The first kappa shape index (κ1) is 21.6. The molecule has 0 fully saturated rings. The van der Waals surface area contributed by atoms with Gasteiger partial charge in [-0.1, -0.05) is 24.3 Å². The van der Waals surface area contributed by atoms with Crippen molar-refractivity contribution in [3.63, 3.8) is 0 Å². The number of fused-ring (bicyclic) bond motifs is 2. The number of aromatic amines is 2. The third kappa shape index (κ3) is 4.20. The number of pyridine rings is 1. The molecule has 174 valence electrons. The maximum absolute atomic E-state index is 5.89. The zero-order valence-electron chi connectivity index (χ0n) is 19.6. The number of benzene rings is 2. The fraction of sp³-hybridized carbons (Fsp3) is 0.143. The fourth-order valence-electron chi connectivity index (χ4n) is 4.33. The van der Waals surface area contributed by atoms with Crippen molar-refractivity contribution in [2.75, 3.05) is 27.2 Å². The molecule has 4 aromatic heterocycles. The Morgan fingerprint density at radius 2 is 1.86 bits per heavy atom. The van der Waals surface area contributed by atoms with Gasteiger partial charge in [-0.3, -0.25) is 10.1 Å². The molecule has 0 aliphatic heterocycles. The van der Waals surface area contributed by atoms with Gasteiger partial charge in [-0.25, -0.2) is 0 Å². The number of rotatable bonds is 7. The maximum Gasteiger partial charge on any atom is 0.138 e. The predicted octanol–water partition coefficient (Wildman–Crippen LogP) is 6.44. The summed E-state index contributed by atoms with van der Waals surface area (Å²) in [5.74, 6) is 0.772. The number of ether oxygens (including phenoxy) is 1. The van der Waals surface area contributed by atoms with Crippen LogP contribution in [0.5, 0.6) is 5.75 Å². The van der Waals surface area contributed by atoms with Crippen LogP contribution in [0.1, 0.15) is 0 Å². The van der Waals surface area contributed by atoms with Crippen molar-refractivity contribution < 1.29 is 4.74 Å². The molecule has 2 N–H and O–H groups in total. The SMILES string of the molecule is CN(C)CCOc1cncc(-c2ccc3[nH]nc(-c4cc5c(-c6cccs6)cccc5[nH]4)c3c2)c1. The minimum atomic E-state index is 0.622. The largest absolute Gasteiger partial charge is 0.491 e. The molecule has 0 unspecified atom stereocenters. The van der Waals surface area contributed by atoms with Crippen molar-refractivity contribution in [2.24, 2.45) is 0 Å². The summed E-state index contributed by atoms with van der Waals surface area (Å²) in [6.45, 7) is 1.48. The molecule has 0 radical (unpaired) electrons. The molecular formula is C28H25N5OS. The molecule has 0 spiro atoms. The maximum atomic E-state index is 5.89. The number of H-pyrrole nitrogens is 2. The van der Waals surface area contributed by atoms with Gasteiger partial charge in [-0.2, -0.15) is 5.10 Å². The molecule has 0 amide bonds. The summed E-state index contributed by atoms with van der Waals surface area (Å²) in [4.78, 5) is 11.3. The summed E-state index contributed by atoms with van der Waals surface area (Å²) in [5, 5.41) is 12.2. The zero-order valence-corrected chi connectivity index (χ0v) is 20.4. The van der Waals surface area contributed by atoms with Crippen LogP contribution < -0.4 is 4.74 Å². The van der Waals surface area contributed by atoms with Crippen LogP contribution in [0.25, 0.3) is 54.8 Å². The Morgan fingerprint density at radius 3 is 2.71 bits per heavy atom. The Labute approximate surface area is 207 Å². The fourth-order valence-corrected chi connectivity index (χ4v) is 5.10. The second-order valence-corrected chi connectivity index (χ2v) is 9.77. The van der Waals surface area contributed by atoms with E-state index >= 15 is 0 Å². The first-order valence-electron chi connectivity index (χ1n) is 11.5. The molecule has 7 heteroatoms. The van der Waals surface area contributed by atoms with Gasteiger partial charge in [-0.05, 0) is 61.4 Å². The quantitative estimate of drug-likeness (QED) is 0.276. The first-order chi connectivity index (χ1) is 17.2. The molecule has 35 heavy (non-hydrogen) atoms. The lowest BCUT2D eigenvalue weighted by Crippen LogP contribution is -2.19. The van der Waals surface area contributed by atoms with Crippen LogP contribution in [0.4, 0.5) is 0 Å². The molecule has 6 aromatic rings. The van der Waals surface area contributed by atoms with Crippen LogP contribution in [0.2, 0.25) is 0 Å². The number of aromatic nitrogens is 4. The molecule has 2 aromatic carbocycles. The molecule has 0 bridgehead atoms. The average Bonchev–Trinajstić information content (AvgIpc) is 3.62. The number of nitrogens with zero attached hydrogens (tertiary/aromatic N) is 3. The van der Waals surface area contributed by atoms with Gasteiger partial charge in [0, 0.05) is 45.0 Å². The normalized spacial score (nSPS) is 11.6. The highest BCUT2D eigenvalue weighted by atomic mass is 32.1. The average molecular weight is 480 g/mol. The Morgan fingerprint density at radius 1 is 0.914 bits per heavy atom. The van der Waals surface area contributed by atoms with Gasteiger partial charge in [-0.15, -0.1) is 11.3 Å². The van der Waals surface area contributed by atoms with E-state index in [1.807, 2.05) is 26.4 Å². The van der Waals surface area contributed by atoms with E-state index in [-0.39, 0.29) is 0 Å². The van der Waals surface area contributed by atoms with Crippen molar-refractivity contribution >= 4 is 33.1 Å². The smallest absolute Gasteiger partial charge is 0.138 e. The number of nitrogens with one attached hydrogen (secondary N) is 2. The summed E-state index contributed by atoms with van der Waals surface area (Å²) in [6, 6.07) is 21.2. The van der Waals surface area contributed by atoms with E-state index in [1.165, 1.54) is 15.8 Å². The van der Waals surface area contributed by atoms with Gasteiger partial charge in [0.05, 0.1) is 17.4 Å². The van der Waals surface area contributed by atoms with Crippen molar-refractivity contribution in [1.82, 2.24) is 25.1 Å². The van der Waals surface area contributed by atoms with E-state index in [9.17, 15) is 0 Å². The summed E-state index contributed by atoms with van der Waals surface area (Å²) < 4.78 is 5.89. The van der Waals surface area contributed by atoms with Crippen LogP contribution in [0.3, 0.4) is 0 Å². The lowest BCUT2D eigenvalue weighted by atomic mass is 10.0. The highest BCUT2D eigenvalue weighted by Gasteiger charge is 2.15. The van der Waals surface area contributed by atoms with Gasteiger partial charge in [0.2, 0.25) is 0 Å². The van der Waals surface area contributed by atoms with Crippen molar-refractivity contribution in [2.45, 2.75) is 0 Å². The van der Waals surface area contributed by atoms with Gasteiger partial charge < -0.3 is 14.6 Å². The molecule has 0 saturated heterocycles. The summed E-state index contributed by atoms with van der Waals surface area (Å²) in [5.41, 5.74) is 7.31. The van der Waals surface area contributed by atoms with E-state index in [0.29, 0.717) is 6.61 Å². The van der Waals surface area contributed by atoms with Gasteiger partial charge in [0.25, 0.3) is 0 Å². The number of hydrogen-bond donors (Lipinski definition) is 2. The number of thiophene rings is 1. The Balaban J connectivity index is 1.38. The van der Waals surface area contributed by atoms with Gasteiger partial charge in [0.15, 0.2) is 0 Å². The Hall–Kier alpha value is -3.94. The highest BCUT2D eigenvalue weighted by molar-refractivity contribution is 7.13. The second kappa shape index (κ2) is 9.02. The number of likely N-dealkylation sites (N-methyl/N-ethyl adjacent to an activating group) is 1. The van der Waals surface area contributed by atoms with Gasteiger partial charge >= 0.3 is 0 Å². The molecular weight excluding hydrogens is 454 g/mol. The van der Waals surface area contributed by atoms with E-state index in [4.69, 9.17) is 4.74 Å². The number of hydrogen-bond acceptors (Lipinski definition) is 5. The molecule has 4 heterocycles. The lowest BCUT2D eigenvalue weighted by molar-refractivity contribution is 0.261. The Kier molecular flexibility index (Phi) is 5.56. The van der Waals surface area contributed by atoms with Crippen LogP contribution in [0, 0.1) is 0 Å². The lowest BCUT2D eigenvalue weighted by Gasteiger charge is -2.11. The molecule has 0 saturated carbocycles. The first-order valence-corrected chi connectivity index (χ1v) is 12.4. The zero-order chi connectivity index (χ0) is 23.8. The van der Waals surface area contributed by atoms with Crippen molar-refractivity contribution in [1.29, 1.82) is 0 Å². The van der Waals surface area contributed by atoms with E-state index in [0.717, 1.165) is 51.2 Å². The minimum absolute atomic E-state index is 0.622. The molecule has 0 aliphatic carbocycles. The predicted molar refractivity (Wildman–Crippen MR) is 144 cm³/mol. The van der Waals surface area contributed by atoms with Gasteiger partial charge in [0.1, 0.15) is 18.1 Å². The van der Waals surface area contributed by atoms with E-state index in [1.54, 1.807) is 17.5 Å². The summed E-state index contributed by atoms with van der Waals surface area (Å²) >= 11 is 1.75.